The Morgan fingerprint density at radius 1 is 1.06 bits per heavy atom. The van der Waals surface area contributed by atoms with E-state index < -0.39 is 0 Å². The third kappa shape index (κ3) is 2.65. The summed E-state index contributed by atoms with van der Waals surface area (Å²) in [6.07, 6.45) is 0.888. The van der Waals surface area contributed by atoms with Crippen molar-refractivity contribution in [2.45, 2.75) is 39.2 Å². The number of nitrogens with two attached hydrogens (primary N) is 1. The molecule has 0 fully saturated rings. The summed E-state index contributed by atoms with van der Waals surface area (Å²) in [4.78, 5) is 0. The van der Waals surface area contributed by atoms with Gasteiger partial charge in [-0.15, -0.1) is 0 Å². The predicted octanol–water partition coefficient (Wildman–Crippen LogP) is 4.48. The summed E-state index contributed by atoms with van der Waals surface area (Å²) in [7, 11) is 0. The van der Waals surface area contributed by atoms with Gasteiger partial charge in [-0.2, -0.15) is 0 Å². The molecule has 1 heterocycles. The van der Waals surface area contributed by atoms with E-state index in [4.69, 9.17) is 10.2 Å². The fraction of sp³-hybridized carbons (Fsp3) is 0.375. The second-order valence-electron chi connectivity index (χ2n) is 4.99. The van der Waals surface area contributed by atoms with Crippen molar-refractivity contribution in [2.24, 2.45) is 5.73 Å². The molecule has 2 rings (SSSR count). The zero-order chi connectivity index (χ0) is 13.1. The highest BCUT2D eigenvalue weighted by molar-refractivity contribution is 5.58. The van der Waals surface area contributed by atoms with Crippen LogP contribution in [0.5, 0.6) is 0 Å². The molecule has 1 atom stereocenters. The molecule has 0 aliphatic carbocycles. The molecule has 18 heavy (non-hydrogen) atoms. The Morgan fingerprint density at radius 2 is 1.72 bits per heavy atom. The van der Waals surface area contributed by atoms with E-state index in [2.05, 4.69) is 45.0 Å². The third-order valence-electron chi connectivity index (χ3n) is 3.29. The predicted molar refractivity (Wildman–Crippen MR) is 75.5 cm³/mol. The monoisotopic (exact) mass is 243 g/mol. The molecule has 1 aromatic heterocycles. The highest BCUT2D eigenvalue weighted by Gasteiger charge is 2.10. The molecule has 2 heteroatoms. The lowest BCUT2D eigenvalue weighted by atomic mass is 10.0. The summed E-state index contributed by atoms with van der Waals surface area (Å²) >= 11 is 0. The molecule has 2 N–H and O–H groups in total. The minimum atomic E-state index is -0.00585. The lowest BCUT2D eigenvalue weighted by Crippen LogP contribution is -2.06. The average Bonchev–Trinajstić information content (AvgIpc) is 2.87. The van der Waals surface area contributed by atoms with Gasteiger partial charge in [0.15, 0.2) is 0 Å². The molecule has 0 saturated carbocycles. The number of furan rings is 1. The van der Waals surface area contributed by atoms with E-state index >= 15 is 0 Å². The molecule has 96 valence electrons. The quantitative estimate of drug-likeness (QED) is 0.859. The standard InChI is InChI=1S/C16H21NO/c1-4-14(17)16-10-9-15(18-16)13-7-5-12(6-8-13)11(2)3/h5-11,14H,4,17H2,1-3H3. The maximum atomic E-state index is 5.96. The normalized spacial score (nSPS) is 12.9. The van der Waals surface area contributed by atoms with Gasteiger partial charge in [-0.1, -0.05) is 45.0 Å². The van der Waals surface area contributed by atoms with Crippen LogP contribution in [0.2, 0.25) is 0 Å². The maximum absolute atomic E-state index is 5.96. The van der Waals surface area contributed by atoms with Crippen LogP contribution in [0.1, 0.15) is 50.5 Å². The van der Waals surface area contributed by atoms with Gasteiger partial charge in [0, 0.05) is 5.56 Å². The fourth-order valence-corrected chi connectivity index (χ4v) is 1.94. The molecular formula is C16H21NO. The van der Waals surface area contributed by atoms with Gasteiger partial charge in [0.2, 0.25) is 0 Å². The zero-order valence-corrected chi connectivity index (χ0v) is 11.3. The molecule has 2 aromatic rings. The minimum absolute atomic E-state index is 0.00585. The molecule has 0 spiro atoms. The molecule has 0 aliphatic rings. The molecule has 0 bridgehead atoms. The number of benzene rings is 1. The molecule has 1 unspecified atom stereocenters. The van der Waals surface area contributed by atoms with E-state index in [0.29, 0.717) is 5.92 Å². The van der Waals surface area contributed by atoms with Crippen LogP contribution in [-0.4, -0.2) is 0 Å². The first kappa shape index (κ1) is 12.9. The van der Waals surface area contributed by atoms with Crippen LogP contribution in [0, 0.1) is 0 Å². The van der Waals surface area contributed by atoms with Crippen molar-refractivity contribution in [1.82, 2.24) is 0 Å². The van der Waals surface area contributed by atoms with Crippen LogP contribution < -0.4 is 5.73 Å². The average molecular weight is 243 g/mol. The van der Waals surface area contributed by atoms with Crippen molar-refractivity contribution in [3.63, 3.8) is 0 Å². The van der Waals surface area contributed by atoms with Crippen molar-refractivity contribution in [1.29, 1.82) is 0 Å². The van der Waals surface area contributed by atoms with Gasteiger partial charge < -0.3 is 10.2 Å². The van der Waals surface area contributed by atoms with Gasteiger partial charge >= 0.3 is 0 Å². The van der Waals surface area contributed by atoms with E-state index in [0.717, 1.165) is 23.5 Å². The van der Waals surface area contributed by atoms with Gasteiger partial charge in [0.1, 0.15) is 11.5 Å². The summed E-state index contributed by atoms with van der Waals surface area (Å²) in [5, 5.41) is 0. The molecule has 0 radical (unpaired) electrons. The first-order valence-corrected chi connectivity index (χ1v) is 6.57. The van der Waals surface area contributed by atoms with Crippen LogP contribution in [0.4, 0.5) is 0 Å². The third-order valence-corrected chi connectivity index (χ3v) is 3.29. The van der Waals surface area contributed by atoms with Gasteiger partial charge in [-0.3, -0.25) is 0 Å². The van der Waals surface area contributed by atoms with Crippen LogP contribution in [0.3, 0.4) is 0 Å². The van der Waals surface area contributed by atoms with Gasteiger partial charge in [0.25, 0.3) is 0 Å². The van der Waals surface area contributed by atoms with Gasteiger partial charge in [0.05, 0.1) is 6.04 Å². The Bertz CT molecular complexity index is 496. The maximum Gasteiger partial charge on any atom is 0.134 e. The van der Waals surface area contributed by atoms with E-state index in [1.165, 1.54) is 5.56 Å². The Morgan fingerprint density at radius 3 is 2.28 bits per heavy atom. The Labute approximate surface area is 109 Å². The highest BCUT2D eigenvalue weighted by Crippen LogP contribution is 2.27. The van der Waals surface area contributed by atoms with Crippen LogP contribution in [0.15, 0.2) is 40.8 Å². The topological polar surface area (TPSA) is 39.2 Å². The fourth-order valence-electron chi connectivity index (χ4n) is 1.94. The number of hydrogen-bond acceptors (Lipinski definition) is 2. The van der Waals surface area contributed by atoms with Gasteiger partial charge in [-0.25, -0.2) is 0 Å². The molecule has 0 saturated heterocycles. The van der Waals surface area contributed by atoms with E-state index in [1.807, 2.05) is 12.1 Å². The highest BCUT2D eigenvalue weighted by atomic mass is 16.3. The summed E-state index contributed by atoms with van der Waals surface area (Å²) in [5.41, 5.74) is 8.40. The molecule has 1 aromatic carbocycles. The number of hydrogen-bond donors (Lipinski definition) is 1. The summed E-state index contributed by atoms with van der Waals surface area (Å²) in [6.45, 7) is 6.45. The Balaban J connectivity index is 2.23. The van der Waals surface area contributed by atoms with Crippen molar-refractivity contribution in [3.05, 3.63) is 47.7 Å². The molecule has 2 nitrogen and oxygen atoms in total. The summed E-state index contributed by atoms with van der Waals surface area (Å²) in [6, 6.07) is 12.5. The second kappa shape index (κ2) is 5.40. The van der Waals surface area contributed by atoms with E-state index in [9.17, 15) is 0 Å². The zero-order valence-electron chi connectivity index (χ0n) is 11.3. The van der Waals surface area contributed by atoms with Crippen LogP contribution >= 0.6 is 0 Å². The molecule has 0 amide bonds. The summed E-state index contributed by atoms with van der Waals surface area (Å²) < 4.78 is 5.80. The molecular weight excluding hydrogens is 222 g/mol. The molecule has 0 aliphatic heterocycles. The lowest BCUT2D eigenvalue weighted by molar-refractivity contribution is 0.470. The van der Waals surface area contributed by atoms with Crippen LogP contribution in [-0.2, 0) is 0 Å². The number of rotatable bonds is 4. The Kier molecular flexibility index (Phi) is 3.87. The Hall–Kier alpha value is -1.54. The largest absolute Gasteiger partial charge is 0.459 e. The first-order valence-electron chi connectivity index (χ1n) is 6.57. The minimum Gasteiger partial charge on any atom is -0.459 e. The second-order valence-corrected chi connectivity index (χ2v) is 4.99. The van der Waals surface area contributed by atoms with Gasteiger partial charge in [-0.05, 0) is 30.0 Å². The first-order chi connectivity index (χ1) is 8.61. The van der Waals surface area contributed by atoms with Crippen molar-refractivity contribution >= 4 is 0 Å². The SMILES string of the molecule is CCC(N)c1ccc(-c2ccc(C(C)C)cc2)o1. The smallest absolute Gasteiger partial charge is 0.134 e. The summed E-state index contributed by atoms with van der Waals surface area (Å²) in [5.74, 6) is 2.31. The van der Waals surface area contributed by atoms with E-state index in [-0.39, 0.29) is 6.04 Å². The van der Waals surface area contributed by atoms with Crippen molar-refractivity contribution in [3.8, 4) is 11.3 Å². The van der Waals surface area contributed by atoms with E-state index in [1.54, 1.807) is 0 Å². The van der Waals surface area contributed by atoms with Crippen LogP contribution in [0.25, 0.3) is 11.3 Å². The van der Waals surface area contributed by atoms with Crippen molar-refractivity contribution in [2.75, 3.05) is 0 Å². The van der Waals surface area contributed by atoms with Crippen molar-refractivity contribution < 1.29 is 4.42 Å². The lowest BCUT2D eigenvalue weighted by Gasteiger charge is -2.06.